The van der Waals surface area contributed by atoms with Gasteiger partial charge >= 0.3 is 6.03 Å². The Kier molecular flexibility index (Phi) is 7.44. The normalized spacial score (nSPS) is 28.6. The third kappa shape index (κ3) is 5.11. The van der Waals surface area contributed by atoms with Gasteiger partial charge in [0.05, 0.1) is 12.7 Å². The molecular weight excluding hydrogens is 383 g/mol. The zero-order valence-corrected chi connectivity index (χ0v) is 15.3. The van der Waals surface area contributed by atoms with Gasteiger partial charge in [-0.1, -0.05) is 6.92 Å². The van der Waals surface area contributed by atoms with Gasteiger partial charge in [-0.25, -0.2) is 9.69 Å². The number of ether oxygens (including phenoxy) is 1. The molecule has 3 aliphatic heterocycles. The van der Waals surface area contributed by atoms with Crippen LogP contribution >= 0.6 is 8.53 Å². The van der Waals surface area contributed by atoms with Crippen molar-refractivity contribution in [1.29, 1.82) is 0 Å². The predicted octanol–water partition coefficient (Wildman–Crippen LogP) is -2.22. The average Bonchev–Trinajstić information content (AvgIpc) is 3.11. The molecule has 1 fully saturated rings. The Labute approximate surface area is 155 Å². The summed E-state index contributed by atoms with van der Waals surface area (Å²) in [5.74, 6) is -0.384. The third-order valence-corrected chi connectivity index (χ3v) is 3.66. The first kappa shape index (κ1) is 21.4. The highest BCUT2D eigenvalue weighted by Crippen LogP contribution is 2.27. The van der Waals surface area contributed by atoms with Crippen LogP contribution < -0.4 is 10.8 Å². The molecule has 14 heteroatoms. The number of fused-ring (bicyclic) bond motifs is 1. The van der Waals surface area contributed by atoms with Gasteiger partial charge in [-0.05, 0) is 6.42 Å². The highest BCUT2D eigenvalue weighted by atomic mass is 31.2. The number of hydrogen-bond donors (Lipinski definition) is 6. The summed E-state index contributed by atoms with van der Waals surface area (Å²) in [6.07, 6.45) is -1.66. The maximum atomic E-state index is 12.1. The number of nitrogens with zero attached hydrogens (tertiary/aromatic N) is 4. The molecule has 0 aromatic heterocycles. The van der Waals surface area contributed by atoms with Crippen molar-refractivity contribution >= 4 is 38.0 Å². The molecular formula is C13H21N6O7P. The van der Waals surface area contributed by atoms with Gasteiger partial charge in [0.25, 0.3) is 5.91 Å². The summed E-state index contributed by atoms with van der Waals surface area (Å²) >= 11 is 0. The first-order chi connectivity index (χ1) is 12.8. The fourth-order valence-corrected chi connectivity index (χ4v) is 2.54. The molecule has 150 valence electrons. The molecule has 0 radical (unpaired) electrons. The Morgan fingerprint density at radius 2 is 2.07 bits per heavy atom. The van der Waals surface area contributed by atoms with Crippen LogP contribution in [0, 0.1) is 0 Å². The Hall–Kier alpha value is -1.86. The minimum absolute atomic E-state index is 0.0596. The lowest BCUT2D eigenvalue weighted by Crippen LogP contribution is -2.50. The summed E-state index contributed by atoms with van der Waals surface area (Å²) in [6, 6.07) is -0.693. The molecule has 7 N–H and O–H groups in total. The number of carbonyl (C=O) groups excluding carboxylic acids is 2. The van der Waals surface area contributed by atoms with Crippen LogP contribution in [0.25, 0.3) is 0 Å². The van der Waals surface area contributed by atoms with E-state index in [0.29, 0.717) is 6.54 Å². The van der Waals surface area contributed by atoms with E-state index in [0.717, 1.165) is 11.3 Å². The van der Waals surface area contributed by atoms with E-state index in [1.54, 1.807) is 0 Å². The van der Waals surface area contributed by atoms with Crippen LogP contribution in [-0.4, -0.2) is 85.9 Å². The van der Waals surface area contributed by atoms with Crippen LogP contribution in [0.15, 0.2) is 15.0 Å². The van der Waals surface area contributed by atoms with Crippen molar-refractivity contribution in [2.75, 3.05) is 13.2 Å². The number of rotatable bonds is 4. The number of hydrogen-bond acceptors (Lipinski definition) is 9. The molecule has 3 heterocycles. The molecule has 0 spiro atoms. The van der Waals surface area contributed by atoms with Gasteiger partial charge in [-0.2, -0.15) is 9.98 Å². The third-order valence-electron chi connectivity index (χ3n) is 3.66. The van der Waals surface area contributed by atoms with E-state index in [2.05, 4.69) is 25.8 Å². The molecule has 0 aliphatic carbocycles. The van der Waals surface area contributed by atoms with Gasteiger partial charge in [0.1, 0.15) is 12.3 Å². The summed E-state index contributed by atoms with van der Waals surface area (Å²) in [4.78, 5) is 52.1. The number of nitrogens with two attached hydrogens (primary N) is 1. The minimum Gasteiger partial charge on any atom is -0.394 e. The van der Waals surface area contributed by atoms with Gasteiger partial charge in [-0.15, -0.1) is 0 Å². The number of aliphatic hydroxyl groups excluding tert-OH is 2. The number of guanidine groups is 1. The molecule has 3 amide bonds. The van der Waals surface area contributed by atoms with Crippen molar-refractivity contribution < 1.29 is 34.3 Å². The number of aliphatic imine (C=N–C) groups is 3. The van der Waals surface area contributed by atoms with E-state index in [1.807, 2.05) is 6.92 Å². The molecule has 0 unspecified atom stereocenters. The Bertz CT molecular complexity index is 679. The van der Waals surface area contributed by atoms with E-state index in [4.69, 9.17) is 19.6 Å². The summed E-state index contributed by atoms with van der Waals surface area (Å²) in [7, 11) is -2.12. The van der Waals surface area contributed by atoms with Gasteiger partial charge in [-0.3, -0.25) is 20.6 Å². The van der Waals surface area contributed by atoms with Crippen LogP contribution in [-0.2, 0) is 9.53 Å². The van der Waals surface area contributed by atoms with Crippen LogP contribution in [0.1, 0.15) is 19.8 Å². The molecule has 0 aromatic carbocycles. The monoisotopic (exact) mass is 404 g/mol. The Morgan fingerprint density at radius 3 is 2.63 bits per heavy atom. The minimum atomic E-state index is -2.12. The van der Waals surface area contributed by atoms with Crippen LogP contribution in [0.4, 0.5) is 4.79 Å². The molecule has 3 rings (SSSR count). The van der Waals surface area contributed by atoms with Crippen molar-refractivity contribution in [2.24, 2.45) is 20.5 Å². The predicted molar refractivity (Wildman–Crippen MR) is 94.8 cm³/mol. The fourth-order valence-electron chi connectivity index (χ4n) is 2.54. The summed E-state index contributed by atoms with van der Waals surface area (Å²) in [5.41, 5.74) is 4.19. The van der Waals surface area contributed by atoms with E-state index in [-0.39, 0.29) is 30.5 Å². The number of amidine groups is 1. The fraction of sp³-hybridized carbons (Fsp3) is 0.615. The second-order valence-electron chi connectivity index (χ2n) is 5.64. The van der Waals surface area contributed by atoms with Crippen molar-refractivity contribution in [1.82, 2.24) is 10.2 Å². The standard InChI is InChI=1S/C13H17N5O5.H4NO2P/c1-2-3-14-12-16-10-9(11(21)17-12)15-13(22)18(10)8-4-6(20)7(5-19)23-8;1-4(2)3/h6-8,19-20H,2-5H2,1H3,(H,14,17,21);2-3H,1H2/t6-,7+,8+;/m0./s1. The van der Waals surface area contributed by atoms with E-state index >= 15 is 0 Å². The van der Waals surface area contributed by atoms with E-state index in [1.165, 1.54) is 0 Å². The van der Waals surface area contributed by atoms with E-state index in [9.17, 15) is 14.7 Å². The molecule has 27 heavy (non-hydrogen) atoms. The maximum absolute atomic E-state index is 12.1. The van der Waals surface area contributed by atoms with Gasteiger partial charge in [0.2, 0.25) is 14.5 Å². The second kappa shape index (κ2) is 9.37. The smallest absolute Gasteiger partial charge is 0.352 e. The number of carbonyl (C=O) groups is 2. The highest BCUT2D eigenvalue weighted by Gasteiger charge is 2.47. The van der Waals surface area contributed by atoms with Gasteiger partial charge < -0.3 is 24.7 Å². The highest BCUT2D eigenvalue weighted by molar-refractivity contribution is 7.42. The molecule has 0 aromatic rings. The molecule has 0 saturated carbocycles. The molecule has 13 nitrogen and oxygen atoms in total. The first-order valence-corrected chi connectivity index (χ1v) is 9.33. The molecule has 3 atom stereocenters. The lowest BCUT2D eigenvalue weighted by molar-refractivity contribution is -0.113. The van der Waals surface area contributed by atoms with Crippen molar-refractivity contribution in [3.05, 3.63) is 0 Å². The van der Waals surface area contributed by atoms with Crippen molar-refractivity contribution in [2.45, 2.75) is 38.2 Å². The second-order valence-corrected chi connectivity index (χ2v) is 6.28. The lowest BCUT2D eigenvalue weighted by Gasteiger charge is -2.24. The van der Waals surface area contributed by atoms with Crippen molar-refractivity contribution in [3.8, 4) is 0 Å². The average molecular weight is 404 g/mol. The molecule has 1 saturated heterocycles. The molecule has 3 aliphatic rings. The first-order valence-electron chi connectivity index (χ1n) is 8.02. The Morgan fingerprint density at radius 1 is 1.41 bits per heavy atom. The largest absolute Gasteiger partial charge is 0.394 e. The molecule has 0 bridgehead atoms. The zero-order valence-electron chi connectivity index (χ0n) is 14.4. The van der Waals surface area contributed by atoms with Gasteiger partial charge in [0, 0.05) is 13.0 Å². The topological polar surface area (TPSA) is 203 Å². The summed E-state index contributed by atoms with van der Waals surface area (Å²) in [6.45, 7) is 2.05. The van der Waals surface area contributed by atoms with E-state index < -0.39 is 38.9 Å². The van der Waals surface area contributed by atoms with Gasteiger partial charge in [0.15, 0.2) is 11.5 Å². The Balaban J connectivity index is 0.000000596. The summed E-state index contributed by atoms with van der Waals surface area (Å²) < 4.78 is 5.46. The van der Waals surface area contributed by atoms with Crippen LogP contribution in [0.5, 0.6) is 0 Å². The maximum Gasteiger partial charge on any atom is 0.352 e. The quantitative estimate of drug-likeness (QED) is 0.283. The number of urea groups is 1. The van der Waals surface area contributed by atoms with Crippen molar-refractivity contribution in [3.63, 3.8) is 0 Å². The SMILES string of the molecule is CCCN=C1N=C2C(=NC(=O)N2[C@H]2C[C@H](O)[C@@H](CO)O2)C(=O)N1.NP(O)O. The van der Waals surface area contributed by atoms with Crippen LogP contribution in [0.2, 0.25) is 0 Å². The zero-order chi connectivity index (χ0) is 20.1. The number of nitrogens with one attached hydrogen (secondary N) is 1. The summed E-state index contributed by atoms with van der Waals surface area (Å²) in [5, 5.41) is 21.4. The van der Waals surface area contributed by atoms with Crippen LogP contribution in [0.3, 0.4) is 0 Å². The number of aliphatic hydroxyl groups is 2. The number of amides is 3. The lowest BCUT2D eigenvalue weighted by atomic mass is 10.2.